The molecule has 2 aromatic rings. The molecular formula is C17H18N4O4. The van der Waals surface area contributed by atoms with E-state index in [1.807, 2.05) is 6.07 Å². The predicted octanol–water partition coefficient (Wildman–Crippen LogP) is 1.43. The molecule has 0 radical (unpaired) electrons. The summed E-state index contributed by atoms with van der Waals surface area (Å²) in [6.07, 6.45) is 1.42. The van der Waals surface area contributed by atoms with Crippen LogP contribution in [-0.4, -0.2) is 49.7 Å². The van der Waals surface area contributed by atoms with E-state index in [1.54, 1.807) is 32.3 Å². The van der Waals surface area contributed by atoms with Crippen LogP contribution < -0.4 is 10.5 Å². The van der Waals surface area contributed by atoms with Crippen LogP contribution in [0.2, 0.25) is 0 Å². The van der Waals surface area contributed by atoms with E-state index in [9.17, 15) is 14.9 Å². The van der Waals surface area contributed by atoms with Crippen LogP contribution in [0.15, 0.2) is 24.4 Å². The van der Waals surface area contributed by atoms with E-state index in [2.05, 4.69) is 0 Å². The number of aromatic nitrogens is 1. The van der Waals surface area contributed by atoms with Gasteiger partial charge in [0.2, 0.25) is 0 Å². The molecule has 1 heterocycles. The molecule has 25 heavy (non-hydrogen) atoms. The van der Waals surface area contributed by atoms with Crippen molar-refractivity contribution < 1.29 is 19.1 Å². The zero-order valence-electron chi connectivity index (χ0n) is 14.4. The van der Waals surface area contributed by atoms with Crippen molar-refractivity contribution in [3.63, 3.8) is 0 Å². The van der Waals surface area contributed by atoms with Crippen LogP contribution in [-0.2, 0) is 4.74 Å². The van der Waals surface area contributed by atoms with Gasteiger partial charge in [-0.2, -0.15) is 5.26 Å². The molecule has 0 unspecified atom stereocenters. The number of nitriles is 1. The lowest BCUT2D eigenvalue weighted by atomic mass is 10.1. The van der Waals surface area contributed by atoms with Crippen molar-refractivity contribution in [1.29, 1.82) is 5.26 Å². The Hall–Kier alpha value is -3.47. The van der Waals surface area contributed by atoms with Crippen molar-refractivity contribution in [2.45, 2.75) is 0 Å². The molecule has 0 atom stereocenters. The lowest BCUT2D eigenvalue weighted by Crippen LogP contribution is -2.22. The number of hydrogen-bond acceptors (Lipinski definition) is 6. The molecule has 8 heteroatoms. The van der Waals surface area contributed by atoms with Gasteiger partial charge in [0.1, 0.15) is 11.8 Å². The molecule has 0 aliphatic carbocycles. The molecule has 1 aromatic heterocycles. The van der Waals surface area contributed by atoms with Crippen LogP contribution in [0.1, 0.15) is 26.4 Å². The number of carbonyl (C=O) groups is 2. The molecular weight excluding hydrogens is 324 g/mol. The van der Waals surface area contributed by atoms with Crippen LogP contribution in [0, 0.1) is 11.3 Å². The van der Waals surface area contributed by atoms with Crippen molar-refractivity contribution in [2.24, 2.45) is 0 Å². The number of nitrogens with zero attached hydrogens (tertiary/aromatic N) is 3. The van der Waals surface area contributed by atoms with E-state index in [0.29, 0.717) is 17.0 Å². The van der Waals surface area contributed by atoms with Gasteiger partial charge in [0.15, 0.2) is 5.69 Å². The molecule has 0 aliphatic rings. The first-order valence-electron chi connectivity index (χ1n) is 7.25. The largest absolute Gasteiger partial charge is 0.496 e. The van der Waals surface area contributed by atoms with E-state index >= 15 is 0 Å². The highest BCUT2D eigenvalue weighted by atomic mass is 16.5. The van der Waals surface area contributed by atoms with Crippen molar-refractivity contribution in [2.75, 3.05) is 34.0 Å². The summed E-state index contributed by atoms with van der Waals surface area (Å²) in [6.45, 7) is 0. The Morgan fingerprint density at radius 3 is 2.48 bits per heavy atom. The number of carbonyl (C=O) groups excluding carboxylic acids is 2. The average molecular weight is 342 g/mol. The van der Waals surface area contributed by atoms with Crippen LogP contribution in [0.25, 0.3) is 5.69 Å². The second kappa shape index (κ2) is 6.97. The maximum absolute atomic E-state index is 12.4. The van der Waals surface area contributed by atoms with Gasteiger partial charge in [-0.15, -0.1) is 0 Å². The molecule has 0 aliphatic heterocycles. The lowest BCUT2D eigenvalue weighted by Gasteiger charge is -2.16. The molecule has 1 aromatic carbocycles. The summed E-state index contributed by atoms with van der Waals surface area (Å²) < 4.78 is 11.4. The third-order valence-electron chi connectivity index (χ3n) is 3.64. The number of nitrogens with two attached hydrogens (primary N) is 1. The summed E-state index contributed by atoms with van der Waals surface area (Å²) >= 11 is 0. The minimum atomic E-state index is -0.685. The molecule has 2 rings (SSSR count). The smallest absolute Gasteiger partial charge is 0.357 e. The monoisotopic (exact) mass is 342 g/mol. The first-order chi connectivity index (χ1) is 11.8. The van der Waals surface area contributed by atoms with Crippen molar-refractivity contribution in [3.8, 4) is 17.5 Å². The maximum Gasteiger partial charge on any atom is 0.357 e. The van der Waals surface area contributed by atoms with Gasteiger partial charge in [-0.3, -0.25) is 4.79 Å². The van der Waals surface area contributed by atoms with Crippen LogP contribution in [0.4, 0.5) is 5.69 Å². The number of methoxy groups -OCH3 is 2. The molecule has 8 nitrogen and oxygen atoms in total. The first kappa shape index (κ1) is 17.9. The number of benzene rings is 1. The molecule has 0 fully saturated rings. The summed E-state index contributed by atoms with van der Waals surface area (Å²) in [5.74, 6) is -0.558. The third-order valence-corrected chi connectivity index (χ3v) is 3.64. The van der Waals surface area contributed by atoms with E-state index in [0.717, 1.165) is 0 Å². The number of rotatable bonds is 4. The number of esters is 1. The van der Waals surface area contributed by atoms with Crippen molar-refractivity contribution in [3.05, 3.63) is 41.2 Å². The fourth-order valence-electron chi connectivity index (χ4n) is 2.37. The normalized spacial score (nSPS) is 10.0. The zero-order chi connectivity index (χ0) is 18.7. The second-order valence-electron chi connectivity index (χ2n) is 5.36. The van der Waals surface area contributed by atoms with E-state index in [1.165, 1.54) is 29.9 Å². The Morgan fingerprint density at radius 2 is 1.96 bits per heavy atom. The van der Waals surface area contributed by atoms with Crippen LogP contribution in [0.3, 0.4) is 0 Å². The van der Waals surface area contributed by atoms with Crippen molar-refractivity contribution in [1.82, 2.24) is 9.47 Å². The minimum absolute atomic E-state index is 0.0191. The molecule has 0 saturated carbocycles. The summed E-state index contributed by atoms with van der Waals surface area (Å²) in [6, 6.07) is 6.75. The second-order valence-corrected chi connectivity index (χ2v) is 5.36. The highest BCUT2D eigenvalue weighted by Crippen LogP contribution is 2.28. The van der Waals surface area contributed by atoms with Crippen LogP contribution in [0.5, 0.6) is 5.75 Å². The lowest BCUT2D eigenvalue weighted by molar-refractivity contribution is 0.0593. The van der Waals surface area contributed by atoms with Gasteiger partial charge in [-0.25, -0.2) is 4.79 Å². The first-order valence-corrected chi connectivity index (χ1v) is 7.25. The third kappa shape index (κ3) is 3.12. The fraction of sp³-hybridized carbons (Fsp3) is 0.235. The van der Waals surface area contributed by atoms with Gasteiger partial charge < -0.3 is 24.7 Å². The highest BCUT2D eigenvalue weighted by molar-refractivity contribution is 5.98. The standard InChI is InChI=1S/C17H18N4O4/c1-20(2)16(22)12-7-11(5-6-13(12)24-3)21-9-10(8-18)14(19)15(21)17(23)25-4/h5-7,9H,19H2,1-4H3. The SMILES string of the molecule is COC(=O)c1c(N)c(C#N)cn1-c1ccc(OC)c(C(=O)N(C)C)c1. The highest BCUT2D eigenvalue weighted by Gasteiger charge is 2.23. The van der Waals surface area contributed by atoms with E-state index in [-0.39, 0.29) is 22.9 Å². The maximum atomic E-state index is 12.4. The molecule has 2 N–H and O–H groups in total. The summed E-state index contributed by atoms with van der Waals surface area (Å²) in [4.78, 5) is 25.9. The van der Waals surface area contributed by atoms with Gasteiger partial charge in [0.25, 0.3) is 5.91 Å². The minimum Gasteiger partial charge on any atom is -0.496 e. The summed E-state index contributed by atoms with van der Waals surface area (Å²) in [5.41, 5.74) is 6.85. The average Bonchev–Trinajstić information content (AvgIpc) is 2.96. The number of amides is 1. The van der Waals surface area contributed by atoms with E-state index in [4.69, 9.17) is 15.2 Å². The number of nitrogen functional groups attached to an aromatic ring is 1. The van der Waals surface area contributed by atoms with E-state index < -0.39 is 5.97 Å². The Bertz CT molecular complexity index is 878. The quantitative estimate of drug-likeness (QED) is 0.842. The molecule has 0 spiro atoms. The van der Waals surface area contributed by atoms with Crippen molar-refractivity contribution >= 4 is 17.6 Å². The van der Waals surface area contributed by atoms with Gasteiger partial charge in [0.05, 0.1) is 31.0 Å². The molecule has 130 valence electrons. The Labute approximate surface area is 145 Å². The Morgan fingerprint density at radius 1 is 1.28 bits per heavy atom. The molecule has 1 amide bonds. The van der Waals surface area contributed by atoms with Crippen LogP contribution >= 0.6 is 0 Å². The number of hydrogen-bond donors (Lipinski definition) is 1. The van der Waals surface area contributed by atoms with Gasteiger partial charge >= 0.3 is 5.97 Å². The number of anilines is 1. The fourth-order valence-corrected chi connectivity index (χ4v) is 2.37. The van der Waals surface area contributed by atoms with Gasteiger partial charge in [0, 0.05) is 26.0 Å². The molecule has 0 saturated heterocycles. The predicted molar refractivity (Wildman–Crippen MR) is 90.8 cm³/mol. The number of ether oxygens (including phenoxy) is 2. The Balaban J connectivity index is 2.71. The Kier molecular flexibility index (Phi) is 4.98. The van der Waals surface area contributed by atoms with Gasteiger partial charge in [-0.1, -0.05) is 0 Å². The molecule has 0 bridgehead atoms. The summed E-state index contributed by atoms with van der Waals surface area (Å²) in [5, 5.41) is 9.18. The summed E-state index contributed by atoms with van der Waals surface area (Å²) in [7, 11) is 5.93. The zero-order valence-corrected chi connectivity index (χ0v) is 14.4. The topological polar surface area (TPSA) is 111 Å². The van der Waals surface area contributed by atoms with Gasteiger partial charge in [-0.05, 0) is 18.2 Å².